The molecule has 1 aliphatic heterocycles. The van der Waals surface area contributed by atoms with Gasteiger partial charge in [0.15, 0.2) is 0 Å². The number of hydrogen-bond acceptors (Lipinski definition) is 4. The van der Waals surface area contributed by atoms with Crippen molar-refractivity contribution in [2.45, 2.75) is 45.8 Å². The maximum Gasteiger partial charge on any atom is 0.242 e. The predicted molar refractivity (Wildman–Crippen MR) is 92.5 cm³/mol. The van der Waals surface area contributed by atoms with Crippen LogP contribution in [0.1, 0.15) is 32.8 Å². The lowest BCUT2D eigenvalue weighted by molar-refractivity contribution is -0.129. The molecule has 2 amide bonds. The van der Waals surface area contributed by atoms with E-state index < -0.39 is 6.04 Å². The average Bonchev–Trinajstić information content (AvgIpc) is 2.99. The summed E-state index contributed by atoms with van der Waals surface area (Å²) in [5.41, 5.74) is 1.81. The monoisotopic (exact) mass is 349 g/mol. The molecule has 2 rings (SSSR count). The van der Waals surface area contributed by atoms with Crippen LogP contribution >= 0.6 is 0 Å². The van der Waals surface area contributed by atoms with E-state index in [-0.39, 0.29) is 29.7 Å². The standard InChI is InChI=1S/C18H24FN3O3/c1-11(2)17(21-12(3)23)18(24)20-10-16-9-15(22-25-16)8-13-4-6-14(19)7-5-13/h4-7,11,16-17H,8-10H2,1-3H3,(H,20,24)(H,21,23). The van der Waals surface area contributed by atoms with Gasteiger partial charge in [-0.1, -0.05) is 31.1 Å². The van der Waals surface area contributed by atoms with E-state index in [4.69, 9.17) is 4.84 Å². The topological polar surface area (TPSA) is 79.8 Å². The van der Waals surface area contributed by atoms with Gasteiger partial charge >= 0.3 is 0 Å². The Morgan fingerprint density at radius 2 is 2.00 bits per heavy atom. The van der Waals surface area contributed by atoms with Gasteiger partial charge in [-0.3, -0.25) is 9.59 Å². The Hall–Kier alpha value is -2.44. The normalized spacial score (nSPS) is 17.6. The molecule has 0 saturated heterocycles. The van der Waals surface area contributed by atoms with E-state index in [0.717, 1.165) is 11.3 Å². The highest BCUT2D eigenvalue weighted by molar-refractivity contribution is 5.88. The first-order chi connectivity index (χ1) is 11.8. The van der Waals surface area contributed by atoms with Crippen molar-refractivity contribution in [3.8, 4) is 0 Å². The Balaban J connectivity index is 1.78. The fraction of sp³-hybridized carbons (Fsp3) is 0.500. The highest BCUT2D eigenvalue weighted by Crippen LogP contribution is 2.14. The van der Waals surface area contributed by atoms with Crippen molar-refractivity contribution < 1.29 is 18.8 Å². The number of nitrogens with zero attached hydrogens (tertiary/aromatic N) is 1. The maximum atomic E-state index is 12.9. The molecule has 1 heterocycles. The Morgan fingerprint density at radius 3 is 2.60 bits per heavy atom. The third-order valence-electron chi connectivity index (χ3n) is 3.93. The molecule has 0 fully saturated rings. The highest BCUT2D eigenvalue weighted by atomic mass is 19.1. The number of hydrogen-bond donors (Lipinski definition) is 2. The van der Waals surface area contributed by atoms with Gasteiger partial charge in [0.1, 0.15) is 18.0 Å². The molecule has 0 radical (unpaired) electrons. The Labute approximate surface area is 146 Å². The van der Waals surface area contributed by atoms with Crippen LogP contribution in [0.25, 0.3) is 0 Å². The molecule has 0 aromatic heterocycles. The molecule has 0 spiro atoms. The first-order valence-electron chi connectivity index (χ1n) is 8.36. The van der Waals surface area contributed by atoms with Gasteiger partial charge in [0, 0.05) is 19.8 Å². The van der Waals surface area contributed by atoms with Crippen LogP contribution in [0.3, 0.4) is 0 Å². The third kappa shape index (κ3) is 5.85. The largest absolute Gasteiger partial charge is 0.390 e. The van der Waals surface area contributed by atoms with E-state index in [9.17, 15) is 14.0 Å². The summed E-state index contributed by atoms with van der Waals surface area (Å²) in [6.07, 6.45) is 0.958. The molecule has 1 aromatic rings. The molecular weight excluding hydrogens is 325 g/mol. The molecule has 0 saturated carbocycles. The van der Waals surface area contributed by atoms with Crippen LogP contribution in [-0.2, 0) is 20.8 Å². The van der Waals surface area contributed by atoms with E-state index in [1.165, 1.54) is 19.1 Å². The van der Waals surface area contributed by atoms with Crippen molar-refractivity contribution in [1.29, 1.82) is 0 Å². The predicted octanol–water partition coefficient (Wildman–Crippen LogP) is 1.79. The van der Waals surface area contributed by atoms with Gasteiger partial charge in [0.2, 0.25) is 11.8 Å². The van der Waals surface area contributed by atoms with Crippen molar-refractivity contribution in [2.24, 2.45) is 11.1 Å². The van der Waals surface area contributed by atoms with Crippen LogP contribution in [-0.4, -0.2) is 36.2 Å². The number of rotatable bonds is 7. The fourth-order valence-electron chi connectivity index (χ4n) is 2.62. The van der Waals surface area contributed by atoms with E-state index in [0.29, 0.717) is 19.4 Å². The maximum absolute atomic E-state index is 12.9. The molecule has 6 nitrogen and oxygen atoms in total. The van der Waals surface area contributed by atoms with Crippen molar-refractivity contribution in [1.82, 2.24) is 10.6 Å². The van der Waals surface area contributed by atoms with Crippen LogP contribution in [0, 0.1) is 11.7 Å². The minimum absolute atomic E-state index is 0.0151. The van der Waals surface area contributed by atoms with E-state index in [1.54, 1.807) is 12.1 Å². The van der Waals surface area contributed by atoms with Gasteiger partial charge in [0.05, 0.1) is 12.3 Å². The molecule has 7 heteroatoms. The number of carbonyl (C=O) groups excluding carboxylic acids is 2. The summed E-state index contributed by atoms with van der Waals surface area (Å²) in [6, 6.07) is 5.69. The van der Waals surface area contributed by atoms with Crippen LogP contribution in [0.4, 0.5) is 4.39 Å². The van der Waals surface area contributed by atoms with Crippen molar-refractivity contribution in [2.75, 3.05) is 6.54 Å². The van der Waals surface area contributed by atoms with Crippen molar-refractivity contribution in [3.05, 3.63) is 35.6 Å². The van der Waals surface area contributed by atoms with Crippen molar-refractivity contribution >= 4 is 17.5 Å². The SMILES string of the molecule is CC(=O)NC(C(=O)NCC1CC(Cc2ccc(F)cc2)=NO1)C(C)C. The van der Waals surface area contributed by atoms with Gasteiger partial charge in [0.25, 0.3) is 0 Å². The number of halogens is 1. The Kier molecular flexibility index (Phi) is 6.50. The first-order valence-corrected chi connectivity index (χ1v) is 8.36. The number of amides is 2. The van der Waals surface area contributed by atoms with Crippen LogP contribution in [0.2, 0.25) is 0 Å². The number of oxime groups is 1. The van der Waals surface area contributed by atoms with E-state index in [2.05, 4.69) is 15.8 Å². The molecule has 0 bridgehead atoms. The van der Waals surface area contributed by atoms with Crippen LogP contribution in [0.5, 0.6) is 0 Å². The molecule has 2 N–H and O–H groups in total. The van der Waals surface area contributed by atoms with Gasteiger partial charge < -0.3 is 15.5 Å². The molecule has 2 unspecified atom stereocenters. The molecule has 136 valence electrons. The zero-order valence-electron chi connectivity index (χ0n) is 14.7. The summed E-state index contributed by atoms with van der Waals surface area (Å²) in [4.78, 5) is 28.8. The summed E-state index contributed by atoms with van der Waals surface area (Å²) < 4.78 is 12.9. The molecule has 25 heavy (non-hydrogen) atoms. The third-order valence-corrected chi connectivity index (χ3v) is 3.93. The van der Waals surface area contributed by atoms with Crippen molar-refractivity contribution in [3.63, 3.8) is 0 Å². The Bertz CT molecular complexity index is 643. The molecular formula is C18H24FN3O3. The zero-order chi connectivity index (χ0) is 18.4. The van der Waals surface area contributed by atoms with E-state index >= 15 is 0 Å². The lowest BCUT2D eigenvalue weighted by atomic mass is 10.0. The number of carbonyl (C=O) groups is 2. The smallest absolute Gasteiger partial charge is 0.242 e. The molecule has 1 aliphatic rings. The number of nitrogens with one attached hydrogen (secondary N) is 2. The summed E-state index contributed by atoms with van der Waals surface area (Å²) in [7, 11) is 0. The second kappa shape index (κ2) is 8.60. The zero-order valence-corrected chi connectivity index (χ0v) is 14.7. The lowest BCUT2D eigenvalue weighted by Gasteiger charge is -2.21. The van der Waals surface area contributed by atoms with Gasteiger partial charge in [-0.25, -0.2) is 4.39 Å². The summed E-state index contributed by atoms with van der Waals surface area (Å²) >= 11 is 0. The minimum Gasteiger partial charge on any atom is -0.390 e. The molecule has 1 aromatic carbocycles. The summed E-state index contributed by atoms with van der Waals surface area (Å²) in [5, 5.41) is 9.49. The van der Waals surface area contributed by atoms with Gasteiger partial charge in [-0.05, 0) is 23.6 Å². The first kappa shape index (κ1) is 18.9. The fourth-order valence-corrected chi connectivity index (χ4v) is 2.62. The molecule has 0 aliphatic carbocycles. The Morgan fingerprint density at radius 1 is 1.32 bits per heavy atom. The van der Waals surface area contributed by atoms with Crippen LogP contribution < -0.4 is 10.6 Å². The van der Waals surface area contributed by atoms with Crippen LogP contribution in [0.15, 0.2) is 29.4 Å². The highest BCUT2D eigenvalue weighted by Gasteiger charge is 2.26. The lowest BCUT2D eigenvalue weighted by Crippen LogP contribution is -2.50. The average molecular weight is 349 g/mol. The summed E-state index contributed by atoms with van der Waals surface area (Å²) in [5.74, 6) is -0.761. The molecule has 2 atom stereocenters. The quantitative estimate of drug-likeness (QED) is 0.788. The second-order valence-electron chi connectivity index (χ2n) is 6.56. The minimum atomic E-state index is -0.571. The van der Waals surface area contributed by atoms with E-state index in [1.807, 2.05) is 13.8 Å². The summed E-state index contributed by atoms with van der Waals surface area (Å²) in [6.45, 7) is 5.45. The second-order valence-corrected chi connectivity index (χ2v) is 6.56. The van der Waals surface area contributed by atoms with Gasteiger partial charge in [-0.2, -0.15) is 0 Å². The number of benzene rings is 1. The van der Waals surface area contributed by atoms with Gasteiger partial charge in [-0.15, -0.1) is 0 Å².